The molecule has 0 atom stereocenters. The predicted molar refractivity (Wildman–Crippen MR) is 86.1 cm³/mol. The van der Waals surface area contributed by atoms with Crippen molar-refractivity contribution in [2.24, 2.45) is 0 Å². The van der Waals surface area contributed by atoms with Crippen LogP contribution < -0.4 is 0 Å². The van der Waals surface area contributed by atoms with E-state index in [2.05, 4.69) is 29.6 Å². The van der Waals surface area contributed by atoms with E-state index in [-0.39, 0.29) is 0 Å². The molecule has 0 radical (unpaired) electrons. The molecule has 1 fully saturated rings. The molecule has 1 aliphatic rings. The second-order valence-corrected chi connectivity index (χ2v) is 6.85. The van der Waals surface area contributed by atoms with Gasteiger partial charge in [0.2, 0.25) is 0 Å². The van der Waals surface area contributed by atoms with E-state index < -0.39 is 0 Å². The first-order chi connectivity index (χ1) is 9.45. The largest absolute Gasteiger partial charge is 0.144 e. The van der Waals surface area contributed by atoms with Crippen molar-refractivity contribution < 1.29 is 0 Å². The topological polar surface area (TPSA) is 0 Å². The summed E-state index contributed by atoms with van der Waals surface area (Å²) in [6.45, 7) is 0. The van der Waals surface area contributed by atoms with E-state index in [0.29, 0.717) is 0 Å². The summed E-state index contributed by atoms with van der Waals surface area (Å²) in [6, 6.07) is 8.94. The van der Waals surface area contributed by atoms with Gasteiger partial charge in [-0.2, -0.15) is 0 Å². The van der Waals surface area contributed by atoms with E-state index in [0.717, 1.165) is 5.92 Å². The minimum Gasteiger partial charge on any atom is -0.144 e. The fourth-order valence-corrected chi connectivity index (χ4v) is 4.48. The smallest absolute Gasteiger partial charge is 0.0345 e. The van der Waals surface area contributed by atoms with Crippen LogP contribution in [0, 0.1) is 0 Å². The average molecular weight is 272 g/mol. The first-order valence-corrected chi connectivity index (χ1v) is 8.79. The Kier molecular flexibility index (Phi) is 4.55. The van der Waals surface area contributed by atoms with E-state index in [9.17, 15) is 0 Å². The maximum atomic E-state index is 2.43. The van der Waals surface area contributed by atoms with Crippen LogP contribution in [0.1, 0.15) is 69.3 Å². The van der Waals surface area contributed by atoms with E-state index in [4.69, 9.17) is 0 Å². The van der Waals surface area contributed by atoms with Gasteiger partial charge in [0.15, 0.2) is 0 Å². The molecule has 0 unspecified atom stereocenters. The van der Waals surface area contributed by atoms with Gasteiger partial charge in [0.05, 0.1) is 0 Å². The number of hydrogen-bond acceptors (Lipinski definition) is 1. The number of hydrogen-bond donors (Lipinski definition) is 0. The van der Waals surface area contributed by atoms with Gasteiger partial charge in [0.1, 0.15) is 0 Å². The van der Waals surface area contributed by atoms with Crippen molar-refractivity contribution in [3.63, 3.8) is 0 Å². The molecule has 0 aliphatic heterocycles. The summed E-state index contributed by atoms with van der Waals surface area (Å²) in [7, 11) is 0. The van der Waals surface area contributed by atoms with E-state index in [1.807, 2.05) is 11.3 Å². The van der Waals surface area contributed by atoms with Crippen molar-refractivity contribution >= 4 is 21.4 Å². The maximum absolute atomic E-state index is 2.43. The van der Waals surface area contributed by atoms with Crippen LogP contribution in [0.3, 0.4) is 0 Å². The molecule has 0 spiro atoms. The quantitative estimate of drug-likeness (QED) is 0.555. The van der Waals surface area contributed by atoms with Gasteiger partial charge < -0.3 is 0 Å². The van der Waals surface area contributed by atoms with Crippen LogP contribution in [0.25, 0.3) is 10.1 Å². The van der Waals surface area contributed by atoms with E-state index >= 15 is 0 Å². The van der Waals surface area contributed by atoms with Crippen LogP contribution in [0.5, 0.6) is 0 Å². The van der Waals surface area contributed by atoms with Crippen molar-refractivity contribution in [2.75, 3.05) is 0 Å². The molecule has 0 nitrogen and oxygen atoms in total. The average Bonchev–Trinajstić information content (AvgIpc) is 2.88. The number of rotatable bonds is 1. The summed E-state index contributed by atoms with van der Waals surface area (Å²) in [4.78, 5) is 0. The lowest BCUT2D eigenvalue weighted by Crippen LogP contribution is -2.00. The van der Waals surface area contributed by atoms with Crippen LogP contribution in [-0.4, -0.2) is 0 Å². The molecule has 1 heterocycles. The Labute approximate surface area is 120 Å². The summed E-state index contributed by atoms with van der Waals surface area (Å²) in [5.41, 5.74) is 1.64. The fourth-order valence-electron chi connectivity index (χ4n) is 3.44. The second kappa shape index (κ2) is 6.56. The summed E-state index contributed by atoms with van der Waals surface area (Å²) in [5.74, 6) is 0.814. The van der Waals surface area contributed by atoms with Gasteiger partial charge in [0.25, 0.3) is 0 Å². The highest BCUT2D eigenvalue weighted by atomic mass is 32.1. The molecule has 1 saturated carbocycles. The third kappa shape index (κ3) is 3.20. The van der Waals surface area contributed by atoms with E-state index in [1.165, 1.54) is 67.9 Å². The number of thiophene rings is 1. The summed E-state index contributed by atoms with van der Waals surface area (Å²) in [5, 5.41) is 3.95. The van der Waals surface area contributed by atoms with Gasteiger partial charge in [-0.15, -0.1) is 11.3 Å². The van der Waals surface area contributed by atoms with Crippen LogP contribution in [0.4, 0.5) is 0 Å². The van der Waals surface area contributed by atoms with Crippen molar-refractivity contribution in [3.05, 3.63) is 35.2 Å². The highest BCUT2D eigenvalue weighted by molar-refractivity contribution is 7.17. The molecule has 2 aromatic rings. The predicted octanol–water partition coefficient (Wildman–Crippen LogP) is 6.51. The Morgan fingerprint density at radius 1 is 0.789 bits per heavy atom. The lowest BCUT2D eigenvalue weighted by molar-refractivity contribution is 0.465. The number of benzene rings is 1. The molecule has 0 amide bonds. The van der Waals surface area contributed by atoms with Crippen LogP contribution in [0.15, 0.2) is 29.6 Å². The lowest BCUT2D eigenvalue weighted by atomic mass is 9.87. The fraction of sp³-hybridized carbons (Fsp3) is 0.556. The van der Waals surface area contributed by atoms with E-state index in [1.54, 1.807) is 5.56 Å². The molecule has 1 aromatic heterocycles. The molecule has 19 heavy (non-hydrogen) atoms. The molecule has 0 bridgehead atoms. The Morgan fingerprint density at radius 2 is 1.42 bits per heavy atom. The van der Waals surface area contributed by atoms with Crippen LogP contribution in [-0.2, 0) is 0 Å². The molecular weight excluding hydrogens is 248 g/mol. The zero-order valence-electron chi connectivity index (χ0n) is 11.7. The SMILES string of the molecule is c1ccc2c(C3CCCCCCCCC3)csc2c1. The van der Waals surface area contributed by atoms with Crippen LogP contribution in [0.2, 0.25) is 0 Å². The van der Waals surface area contributed by atoms with Crippen molar-refractivity contribution in [3.8, 4) is 0 Å². The molecule has 0 N–H and O–H groups in total. The molecule has 1 aliphatic carbocycles. The number of fused-ring (bicyclic) bond motifs is 1. The van der Waals surface area contributed by atoms with Gasteiger partial charge in [-0.25, -0.2) is 0 Å². The monoisotopic (exact) mass is 272 g/mol. The zero-order chi connectivity index (χ0) is 12.9. The molecule has 0 saturated heterocycles. The summed E-state index contributed by atoms with van der Waals surface area (Å²) < 4.78 is 1.47. The highest BCUT2D eigenvalue weighted by Gasteiger charge is 2.16. The van der Waals surface area contributed by atoms with Gasteiger partial charge in [-0.05, 0) is 41.2 Å². The van der Waals surface area contributed by atoms with Gasteiger partial charge in [0, 0.05) is 4.70 Å². The first kappa shape index (κ1) is 13.2. The maximum Gasteiger partial charge on any atom is 0.0345 e. The third-order valence-electron chi connectivity index (χ3n) is 4.56. The van der Waals surface area contributed by atoms with Gasteiger partial charge in [-0.1, -0.05) is 63.1 Å². The molecule has 1 heteroatoms. The second-order valence-electron chi connectivity index (χ2n) is 5.94. The van der Waals surface area contributed by atoms with Gasteiger partial charge in [-0.3, -0.25) is 0 Å². The Bertz CT molecular complexity index is 501. The Hall–Kier alpha value is -0.820. The minimum absolute atomic E-state index is 0.814. The lowest BCUT2D eigenvalue weighted by Gasteiger charge is -2.18. The first-order valence-electron chi connectivity index (χ1n) is 7.91. The molecule has 3 rings (SSSR count). The molecular formula is C18H24S. The third-order valence-corrected chi connectivity index (χ3v) is 5.54. The highest BCUT2D eigenvalue weighted by Crippen LogP contribution is 2.37. The summed E-state index contributed by atoms with van der Waals surface area (Å²) in [6.07, 6.45) is 12.9. The summed E-state index contributed by atoms with van der Waals surface area (Å²) >= 11 is 1.93. The van der Waals surface area contributed by atoms with Crippen molar-refractivity contribution in [1.29, 1.82) is 0 Å². The standard InChI is InChI=1S/C18H24S/c1-2-4-6-10-15(11-7-5-3-1)17-14-19-18-13-9-8-12-16(17)18/h8-9,12-15H,1-7,10-11H2. The Morgan fingerprint density at radius 3 is 2.16 bits per heavy atom. The molecule has 1 aromatic carbocycles. The van der Waals surface area contributed by atoms with Gasteiger partial charge >= 0.3 is 0 Å². The van der Waals surface area contributed by atoms with Crippen molar-refractivity contribution in [2.45, 2.75) is 63.7 Å². The normalized spacial score (nSPS) is 19.6. The molecule has 102 valence electrons. The van der Waals surface area contributed by atoms with Crippen molar-refractivity contribution in [1.82, 2.24) is 0 Å². The Balaban J connectivity index is 1.81. The minimum atomic E-state index is 0.814. The van der Waals surface area contributed by atoms with Crippen LogP contribution >= 0.6 is 11.3 Å². The zero-order valence-corrected chi connectivity index (χ0v) is 12.6.